The lowest BCUT2D eigenvalue weighted by molar-refractivity contribution is 0.311. The first kappa shape index (κ1) is 17.4. The van der Waals surface area contributed by atoms with Gasteiger partial charge in [-0.15, -0.1) is 0 Å². The summed E-state index contributed by atoms with van der Waals surface area (Å²) in [5.74, 6) is 1.34. The minimum atomic E-state index is 0.542. The fourth-order valence-corrected chi connectivity index (χ4v) is 2.85. The third-order valence-electron chi connectivity index (χ3n) is 4.04. The highest BCUT2D eigenvalue weighted by atomic mass is 16.5. The van der Waals surface area contributed by atoms with Crippen molar-refractivity contribution in [2.75, 3.05) is 13.7 Å². The van der Waals surface area contributed by atoms with Crippen molar-refractivity contribution in [3.8, 4) is 23.3 Å². The van der Waals surface area contributed by atoms with Crippen LogP contribution in [0.2, 0.25) is 0 Å². The number of methoxy groups -OCH3 is 1. The number of nitriles is 1. The van der Waals surface area contributed by atoms with Gasteiger partial charge in [0.25, 0.3) is 0 Å². The molecule has 130 valence electrons. The molecule has 0 unspecified atom stereocenters. The van der Waals surface area contributed by atoms with Gasteiger partial charge in [0, 0.05) is 24.2 Å². The second-order valence-corrected chi connectivity index (χ2v) is 5.63. The van der Waals surface area contributed by atoms with E-state index in [0.29, 0.717) is 18.1 Å². The molecule has 3 rings (SSSR count). The molecule has 0 aliphatic heterocycles. The van der Waals surface area contributed by atoms with Crippen LogP contribution in [-0.4, -0.2) is 18.3 Å². The van der Waals surface area contributed by atoms with Crippen molar-refractivity contribution in [1.82, 2.24) is 4.57 Å². The molecule has 4 nitrogen and oxygen atoms in total. The Bertz CT molecular complexity index is 951. The van der Waals surface area contributed by atoms with Gasteiger partial charge in [0.1, 0.15) is 0 Å². The molecular weight excluding hydrogens is 324 g/mol. The first-order valence-corrected chi connectivity index (χ1v) is 8.41. The molecule has 4 heteroatoms. The average Bonchev–Trinajstić information content (AvgIpc) is 3.21. The minimum absolute atomic E-state index is 0.542. The van der Waals surface area contributed by atoms with Crippen molar-refractivity contribution in [3.63, 3.8) is 0 Å². The van der Waals surface area contributed by atoms with E-state index in [-0.39, 0.29) is 0 Å². The van der Waals surface area contributed by atoms with E-state index in [9.17, 15) is 5.26 Å². The van der Waals surface area contributed by atoms with E-state index < -0.39 is 0 Å². The van der Waals surface area contributed by atoms with Crippen LogP contribution in [0.4, 0.5) is 0 Å². The largest absolute Gasteiger partial charge is 0.493 e. The maximum atomic E-state index is 9.30. The molecule has 0 aliphatic rings. The molecule has 0 amide bonds. The van der Waals surface area contributed by atoms with Crippen molar-refractivity contribution < 1.29 is 9.47 Å². The number of aromatic nitrogens is 1. The van der Waals surface area contributed by atoms with Gasteiger partial charge >= 0.3 is 0 Å². The van der Waals surface area contributed by atoms with Crippen LogP contribution in [-0.2, 0) is 0 Å². The summed E-state index contributed by atoms with van der Waals surface area (Å²) in [5, 5.41) is 9.30. The van der Waals surface area contributed by atoms with Gasteiger partial charge in [-0.3, -0.25) is 0 Å². The lowest BCUT2D eigenvalue weighted by Crippen LogP contribution is -1.98. The molecule has 26 heavy (non-hydrogen) atoms. The lowest BCUT2D eigenvalue weighted by atomic mass is 9.97. The number of rotatable bonds is 6. The molecule has 0 spiro atoms. The predicted molar refractivity (Wildman–Crippen MR) is 103 cm³/mol. The van der Waals surface area contributed by atoms with Gasteiger partial charge in [0.2, 0.25) is 0 Å². The average molecular weight is 344 g/mol. The Morgan fingerprint density at radius 3 is 2.50 bits per heavy atom. The molecule has 0 radical (unpaired) electrons. The summed E-state index contributed by atoms with van der Waals surface area (Å²) in [5.41, 5.74) is 3.74. The smallest absolute Gasteiger partial charge is 0.161 e. The number of hydrogen-bond acceptors (Lipinski definition) is 3. The van der Waals surface area contributed by atoms with Gasteiger partial charge < -0.3 is 14.0 Å². The van der Waals surface area contributed by atoms with E-state index in [1.165, 1.54) is 0 Å². The topological polar surface area (TPSA) is 47.2 Å². The molecule has 0 aliphatic carbocycles. The first-order valence-electron chi connectivity index (χ1n) is 8.41. The van der Waals surface area contributed by atoms with Crippen molar-refractivity contribution in [2.24, 2.45) is 0 Å². The number of benzene rings is 2. The van der Waals surface area contributed by atoms with Crippen LogP contribution in [0.15, 0.2) is 73.1 Å². The van der Waals surface area contributed by atoms with Crippen LogP contribution < -0.4 is 9.47 Å². The van der Waals surface area contributed by atoms with E-state index in [4.69, 9.17) is 9.47 Å². The Morgan fingerprint density at radius 1 is 1.04 bits per heavy atom. The summed E-state index contributed by atoms with van der Waals surface area (Å²) >= 11 is 0. The molecule has 1 heterocycles. The summed E-state index contributed by atoms with van der Waals surface area (Å²) < 4.78 is 13.1. The van der Waals surface area contributed by atoms with E-state index in [2.05, 4.69) is 12.1 Å². The zero-order chi connectivity index (χ0) is 18.4. The second-order valence-electron chi connectivity index (χ2n) is 5.63. The molecule has 3 aromatic rings. The van der Waals surface area contributed by atoms with E-state index in [0.717, 1.165) is 22.4 Å². The lowest BCUT2D eigenvalue weighted by Gasteiger charge is -2.14. The maximum absolute atomic E-state index is 9.30. The second kappa shape index (κ2) is 8.09. The Morgan fingerprint density at radius 2 is 1.81 bits per heavy atom. The monoisotopic (exact) mass is 344 g/mol. The van der Waals surface area contributed by atoms with Crippen LogP contribution in [0.25, 0.3) is 11.3 Å². The number of allylic oxidation sites excluding steroid dienone is 1. The molecule has 2 aromatic carbocycles. The predicted octanol–water partition coefficient (Wildman–Crippen LogP) is 4.84. The van der Waals surface area contributed by atoms with E-state index in [1.54, 1.807) is 13.2 Å². The highest BCUT2D eigenvalue weighted by molar-refractivity contribution is 5.83. The van der Waals surface area contributed by atoms with Crippen LogP contribution in [0.1, 0.15) is 18.1 Å². The quantitative estimate of drug-likeness (QED) is 0.601. The molecular formula is C22H20N2O2. The molecule has 1 aromatic heterocycles. The Balaban J connectivity index is 2.06. The van der Waals surface area contributed by atoms with Gasteiger partial charge in [-0.2, -0.15) is 5.26 Å². The Labute approximate surface area is 153 Å². The fraction of sp³-hybridized carbons (Fsp3) is 0.136. The molecule has 0 fully saturated rings. The van der Waals surface area contributed by atoms with Gasteiger partial charge in [-0.05, 0) is 60.0 Å². The maximum Gasteiger partial charge on any atom is 0.161 e. The summed E-state index contributed by atoms with van der Waals surface area (Å²) in [6.45, 7) is 2.47. The first-order chi connectivity index (χ1) is 12.8. The van der Waals surface area contributed by atoms with Gasteiger partial charge in [-0.1, -0.05) is 18.2 Å². The van der Waals surface area contributed by atoms with Crippen molar-refractivity contribution in [1.29, 1.82) is 5.26 Å². The van der Waals surface area contributed by atoms with Crippen LogP contribution in [0, 0.1) is 11.3 Å². The Hall–Kier alpha value is -3.45. The standard InChI is InChI=1S/C22H20N2O2/c1-3-26-22-16-18(9-10-21(22)25-2)20(11-12-23)17-7-6-8-19(15-17)24-13-4-5-14-24/h4-11,13-16H,3H2,1-2H3/b20-11+. The SMILES string of the molecule is CCOc1cc(/C(=C/C#N)c2cccc(-n3cccc3)c2)ccc1OC. The molecule has 0 bridgehead atoms. The van der Waals surface area contributed by atoms with E-state index in [1.807, 2.05) is 72.4 Å². The molecule has 0 atom stereocenters. The van der Waals surface area contributed by atoms with Gasteiger partial charge in [0.05, 0.1) is 19.8 Å². The summed E-state index contributed by atoms with van der Waals surface area (Å²) in [6.07, 6.45) is 5.55. The normalized spacial score (nSPS) is 11.0. The summed E-state index contributed by atoms with van der Waals surface area (Å²) in [4.78, 5) is 0. The number of ether oxygens (including phenoxy) is 2. The Kier molecular flexibility index (Phi) is 5.40. The zero-order valence-corrected chi connectivity index (χ0v) is 14.8. The number of nitrogens with zero attached hydrogens (tertiary/aromatic N) is 2. The van der Waals surface area contributed by atoms with Crippen molar-refractivity contribution in [3.05, 3.63) is 84.2 Å². The third-order valence-corrected chi connectivity index (χ3v) is 4.04. The van der Waals surface area contributed by atoms with E-state index >= 15 is 0 Å². The number of hydrogen-bond donors (Lipinski definition) is 0. The minimum Gasteiger partial charge on any atom is -0.493 e. The highest BCUT2D eigenvalue weighted by Gasteiger charge is 2.11. The molecule has 0 N–H and O–H groups in total. The summed E-state index contributed by atoms with van der Waals surface area (Å²) in [6, 6.07) is 19.9. The van der Waals surface area contributed by atoms with Gasteiger partial charge in [-0.25, -0.2) is 0 Å². The van der Waals surface area contributed by atoms with Crippen molar-refractivity contribution >= 4 is 5.57 Å². The zero-order valence-electron chi connectivity index (χ0n) is 14.8. The molecule has 0 saturated heterocycles. The third kappa shape index (κ3) is 3.62. The van der Waals surface area contributed by atoms with Crippen LogP contribution in [0.3, 0.4) is 0 Å². The van der Waals surface area contributed by atoms with Gasteiger partial charge in [0.15, 0.2) is 11.5 Å². The highest BCUT2D eigenvalue weighted by Crippen LogP contribution is 2.33. The van der Waals surface area contributed by atoms with Crippen molar-refractivity contribution in [2.45, 2.75) is 6.92 Å². The van der Waals surface area contributed by atoms with Crippen LogP contribution in [0.5, 0.6) is 11.5 Å². The summed E-state index contributed by atoms with van der Waals surface area (Å²) in [7, 11) is 1.62. The molecule has 0 saturated carbocycles. The van der Waals surface area contributed by atoms with Crippen LogP contribution >= 0.6 is 0 Å². The fourth-order valence-electron chi connectivity index (χ4n) is 2.85.